The number of aryl methyl sites for hydroxylation is 2. The summed E-state index contributed by atoms with van der Waals surface area (Å²) in [5.74, 6) is 0.929. The molecule has 1 saturated carbocycles. The molecule has 0 aliphatic heterocycles. The Morgan fingerprint density at radius 1 is 1.29 bits per heavy atom. The average Bonchev–Trinajstić information content (AvgIpc) is 3.23. The highest BCUT2D eigenvalue weighted by Gasteiger charge is 2.28. The topological polar surface area (TPSA) is 34.1 Å². The molecule has 1 aliphatic rings. The maximum absolute atomic E-state index is 5.53. The van der Waals surface area contributed by atoms with Gasteiger partial charge in [-0.2, -0.15) is 0 Å². The number of nitrogens with zero attached hydrogens (tertiary/aromatic N) is 1. The van der Waals surface area contributed by atoms with E-state index in [9.17, 15) is 0 Å². The first kappa shape index (κ1) is 14.5. The average molecular weight is 302 g/mol. The molecule has 112 valence electrons. The predicted octanol–water partition coefficient (Wildman–Crippen LogP) is 4.00. The zero-order chi connectivity index (χ0) is 14.8. The lowest BCUT2D eigenvalue weighted by atomic mass is 10.1. The van der Waals surface area contributed by atoms with Crippen LogP contribution in [-0.2, 0) is 0 Å². The minimum atomic E-state index is 0.200. The third-order valence-electron chi connectivity index (χ3n) is 3.80. The van der Waals surface area contributed by atoms with E-state index in [2.05, 4.69) is 31.3 Å². The summed E-state index contributed by atoms with van der Waals surface area (Å²) in [5, 5.41) is 4.89. The highest BCUT2D eigenvalue weighted by Crippen LogP contribution is 2.32. The van der Waals surface area contributed by atoms with Crippen LogP contribution < -0.4 is 10.1 Å². The van der Waals surface area contributed by atoms with Crippen LogP contribution in [0.15, 0.2) is 24.3 Å². The summed E-state index contributed by atoms with van der Waals surface area (Å²) >= 11 is 1.80. The molecule has 1 aromatic carbocycles. The molecule has 0 bridgehead atoms. The Morgan fingerprint density at radius 3 is 2.52 bits per heavy atom. The zero-order valence-electron chi connectivity index (χ0n) is 12.8. The number of benzene rings is 1. The molecular formula is C17H22N2OS. The van der Waals surface area contributed by atoms with Gasteiger partial charge in [-0.15, -0.1) is 11.3 Å². The minimum Gasteiger partial charge on any atom is -0.494 e. The van der Waals surface area contributed by atoms with Crippen molar-refractivity contribution >= 4 is 11.3 Å². The first-order valence-electron chi connectivity index (χ1n) is 7.60. The number of hydrogen-bond acceptors (Lipinski definition) is 4. The molecule has 1 atom stereocenters. The van der Waals surface area contributed by atoms with Gasteiger partial charge in [0, 0.05) is 10.9 Å². The highest BCUT2D eigenvalue weighted by molar-refractivity contribution is 7.11. The van der Waals surface area contributed by atoms with Gasteiger partial charge in [0.05, 0.1) is 18.3 Å². The van der Waals surface area contributed by atoms with Gasteiger partial charge in [0.1, 0.15) is 10.8 Å². The van der Waals surface area contributed by atoms with Crippen molar-refractivity contribution in [3.8, 4) is 5.75 Å². The third-order valence-corrected chi connectivity index (χ3v) is 4.93. The van der Waals surface area contributed by atoms with Crippen molar-refractivity contribution in [1.29, 1.82) is 0 Å². The lowest BCUT2D eigenvalue weighted by Gasteiger charge is -2.17. The first-order valence-corrected chi connectivity index (χ1v) is 8.41. The standard InChI is InChI=1S/C17H22N2OS/c1-4-20-15-9-5-13(6-10-15)16(19-14-7-8-14)17-18-11(2)12(3)21-17/h5-6,9-10,14,16,19H,4,7-8H2,1-3H3. The molecule has 1 unspecified atom stereocenters. The summed E-state index contributed by atoms with van der Waals surface area (Å²) in [7, 11) is 0. The fraction of sp³-hybridized carbons (Fsp3) is 0.471. The van der Waals surface area contributed by atoms with Gasteiger partial charge >= 0.3 is 0 Å². The molecule has 21 heavy (non-hydrogen) atoms. The van der Waals surface area contributed by atoms with Crippen molar-refractivity contribution < 1.29 is 4.74 Å². The summed E-state index contributed by atoms with van der Waals surface area (Å²) in [6.07, 6.45) is 2.55. The van der Waals surface area contributed by atoms with E-state index in [1.807, 2.05) is 19.1 Å². The van der Waals surface area contributed by atoms with E-state index in [1.165, 1.54) is 28.3 Å². The largest absolute Gasteiger partial charge is 0.494 e. The fourth-order valence-corrected chi connectivity index (χ4v) is 3.35. The van der Waals surface area contributed by atoms with E-state index in [4.69, 9.17) is 9.72 Å². The summed E-state index contributed by atoms with van der Waals surface area (Å²) < 4.78 is 5.53. The van der Waals surface area contributed by atoms with Crippen LogP contribution in [0.3, 0.4) is 0 Å². The van der Waals surface area contributed by atoms with Gasteiger partial charge < -0.3 is 10.1 Å². The van der Waals surface area contributed by atoms with E-state index in [1.54, 1.807) is 11.3 Å². The van der Waals surface area contributed by atoms with Gasteiger partial charge in [-0.3, -0.25) is 0 Å². The van der Waals surface area contributed by atoms with Crippen LogP contribution in [-0.4, -0.2) is 17.6 Å². The Balaban J connectivity index is 1.87. The second kappa shape index (κ2) is 6.16. The Kier molecular flexibility index (Phi) is 4.27. The maximum atomic E-state index is 5.53. The van der Waals surface area contributed by atoms with E-state index < -0.39 is 0 Å². The van der Waals surface area contributed by atoms with Crippen LogP contribution >= 0.6 is 11.3 Å². The molecule has 2 aromatic rings. The molecule has 0 radical (unpaired) electrons. The summed E-state index contributed by atoms with van der Waals surface area (Å²) in [6.45, 7) is 6.94. The van der Waals surface area contributed by atoms with Gasteiger partial charge in [-0.05, 0) is 51.3 Å². The van der Waals surface area contributed by atoms with Crippen molar-refractivity contribution in [2.45, 2.75) is 45.7 Å². The summed E-state index contributed by atoms with van der Waals surface area (Å²) in [4.78, 5) is 6.06. The predicted molar refractivity (Wildman–Crippen MR) is 87.2 cm³/mol. The molecule has 4 heteroatoms. The van der Waals surface area contributed by atoms with Crippen molar-refractivity contribution in [1.82, 2.24) is 10.3 Å². The lowest BCUT2D eigenvalue weighted by Crippen LogP contribution is -2.24. The number of nitrogens with one attached hydrogen (secondary N) is 1. The molecule has 1 heterocycles. The van der Waals surface area contributed by atoms with Crippen molar-refractivity contribution in [2.75, 3.05) is 6.61 Å². The van der Waals surface area contributed by atoms with Crippen molar-refractivity contribution in [3.05, 3.63) is 45.4 Å². The van der Waals surface area contributed by atoms with Crippen LogP contribution in [0.2, 0.25) is 0 Å². The molecule has 0 amide bonds. The first-order chi connectivity index (χ1) is 10.2. The van der Waals surface area contributed by atoms with Gasteiger partial charge in [0.25, 0.3) is 0 Å². The minimum absolute atomic E-state index is 0.200. The zero-order valence-corrected chi connectivity index (χ0v) is 13.7. The molecule has 0 saturated heterocycles. The van der Waals surface area contributed by atoms with Gasteiger partial charge in [0.15, 0.2) is 0 Å². The van der Waals surface area contributed by atoms with Gasteiger partial charge in [-0.25, -0.2) is 4.98 Å². The highest BCUT2D eigenvalue weighted by atomic mass is 32.1. The second-order valence-corrected chi connectivity index (χ2v) is 6.80. The molecular weight excluding hydrogens is 280 g/mol. The molecule has 3 rings (SSSR count). The smallest absolute Gasteiger partial charge is 0.119 e. The van der Waals surface area contributed by atoms with E-state index in [-0.39, 0.29) is 6.04 Å². The number of ether oxygens (including phenoxy) is 1. The molecule has 1 aliphatic carbocycles. The molecule has 3 nitrogen and oxygen atoms in total. The van der Waals surface area contributed by atoms with Crippen LogP contribution in [0, 0.1) is 13.8 Å². The Morgan fingerprint density at radius 2 is 2.00 bits per heavy atom. The molecule has 1 N–H and O–H groups in total. The van der Waals surface area contributed by atoms with Crippen LogP contribution in [0.25, 0.3) is 0 Å². The van der Waals surface area contributed by atoms with Crippen LogP contribution in [0.5, 0.6) is 5.75 Å². The summed E-state index contributed by atoms with van der Waals surface area (Å²) in [6, 6.07) is 9.24. The van der Waals surface area contributed by atoms with E-state index in [0.717, 1.165) is 11.4 Å². The lowest BCUT2D eigenvalue weighted by molar-refractivity contribution is 0.340. The number of aromatic nitrogens is 1. The molecule has 0 spiro atoms. The number of rotatable bonds is 6. The van der Waals surface area contributed by atoms with Crippen molar-refractivity contribution in [3.63, 3.8) is 0 Å². The molecule has 1 fully saturated rings. The third kappa shape index (κ3) is 3.44. The monoisotopic (exact) mass is 302 g/mol. The normalized spacial score (nSPS) is 16.0. The fourth-order valence-electron chi connectivity index (χ4n) is 2.34. The van der Waals surface area contributed by atoms with Crippen LogP contribution in [0.4, 0.5) is 0 Å². The second-order valence-electron chi connectivity index (χ2n) is 5.57. The Labute approximate surface area is 130 Å². The van der Waals surface area contributed by atoms with Gasteiger partial charge in [-0.1, -0.05) is 12.1 Å². The number of hydrogen-bond donors (Lipinski definition) is 1. The SMILES string of the molecule is CCOc1ccc(C(NC2CC2)c2nc(C)c(C)s2)cc1. The summed E-state index contributed by atoms with van der Waals surface area (Å²) in [5.41, 5.74) is 2.41. The molecule has 1 aromatic heterocycles. The maximum Gasteiger partial charge on any atom is 0.119 e. The van der Waals surface area contributed by atoms with Crippen molar-refractivity contribution in [2.24, 2.45) is 0 Å². The Hall–Kier alpha value is -1.39. The quantitative estimate of drug-likeness (QED) is 0.876. The van der Waals surface area contributed by atoms with Gasteiger partial charge in [0.2, 0.25) is 0 Å². The number of thiazole rings is 1. The van der Waals surface area contributed by atoms with E-state index >= 15 is 0 Å². The van der Waals surface area contributed by atoms with E-state index in [0.29, 0.717) is 12.6 Å². The Bertz CT molecular complexity index is 582. The van der Waals surface area contributed by atoms with Crippen LogP contribution in [0.1, 0.15) is 46.9 Å².